The lowest BCUT2D eigenvalue weighted by atomic mass is 10.3. The van der Waals surface area contributed by atoms with Gasteiger partial charge in [-0.15, -0.1) is 0 Å². The maximum absolute atomic E-state index is 12.4. The fourth-order valence-electron chi connectivity index (χ4n) is 2.66. The molecule has 24 heavy (non-hydrogen) atoms. The molecule has 6 nitrogen and oxygen atoms in total. The molecule has 1 fully saturated rings. The van der Waals surface area contributed by atoms with Gasteiger partial charge in [-0.3, -0.25) is 13.5 Å². The van der Waals surface area contributed by atoms with Gasteiger partial charge < -0.3 is 9.42 Å². The molecule has 2 heterocycles. The number of carbonyl (C=O) groups is 1. The van der Waals surface area contributed by atoms with Crippen LogP contribution in [0.25, 0.3) is 10.1 Å². The number of carbonyl (C=O) groups excluding carboxylic acids is 1. The summed E-state index contributed by atoms with van der Waals surface area (Å²) in [6.45, 7) is 0.427. The lowest BCUT2D eigenvalue weighted by Crippen LogP contribution is -2.31. The second-order valence-electron chi connectivity index (χ2n) is 6.17. The summed E-state index contributed by atoms with van der Waals surface area (Å²) >= 11 is 1.31. The number of aromatic nitrogens is 2. The quantitative estimate of drug-likeness (QED) is 0.714. The Bertz CT molecular complexity index is 951. The summed E-state index contributed by atoms with van der Waals surface area (Å²) in [4.78, 5) is 26.3. The molecule has 1 aliphatic carbocycles. The first-order valence-electron chi connectivity index (χ1n) is 7.90. The normalized spacial score (nSPS) is 14.2. The molecular weight excluding hydrogens is 326 g/mol. The van der Waals surface area contributed by atoms with Crippen molar-refractivity contribution in [2.45, 2.75) is 31.8 Å². The summed E-state index contributed by atoms with van der Waals surface area (Å²) in [5.41, 5.74) is 0.631. The number of likely N-dealkylation sites (N-methyl/N-ethyl adjacent to an activating group) is 1. The van der Waals surface area contributed by atoms with Crippen LogP contribution in [0.3, 0.4) is 0 Å². The van der Waals surface area contributed by atoms with Gasteiger partial charge in [-0.1, -0.05) is 28.8 Å². The first-order valence-corrected chi connectivity index (χ1v) is 8.67. The van der Waals surface area contributed by atoms with Crippen molar-refractivity contribution in [2.75, 3.05) is 7.05 Å². The molecule has 0 spiro atoms. The van der Waals surface area contributed by atoms with Crippen molar-refractivity contribution >= 4 is 27.5 Å². The molecule has 1 amide bonds. The first-order chi connectivity index (χ1) is 11.6. The minimum absolute atomic E-state index is 0.0437. The van der Waals surface area contributed by atoms with Crippen LogP contribution in [0.4, 0.5) is 0 Å². The Balaban J connectivity index is 1.45. The fourth-order valence-corrected chi connectivity index (χ4v) is 3.65. The van der Waals surface area contributed by atoms with Crippen LogP contribution in [0.5, 0.6) is 0 Å². The fraction of sp³-hybridized carbons (Fsp3) is 0.353. The molecule has 2 aromatic heterocycles. The summed E-state index contributed by atoms with van der Waals surface area (Å²) in [6, 6.07) is 9.32. The Morgan fingerprint density at radius 3 is 2.96 bits per heavy atom. The smallest absolute Gasteiger partial charge is 0.268 e. The van der Waals surface area contributed by atoms with Crippen LogP contribution in [-0.4, -0.2) is 27.0 Å². The van der Waals surface area contributed by atoms with Gasteiger partial charge in [-0.05, 0) is 25.0 Å². The lowest BCUT2D eigenvalue weighted by molar-refractivity contribution is -0.131. The van der Waals surface area contributed by atoms with Crippen molar-refractivity contribution in [1.29, 1.82) is 0 Å². The molecular formula is C17H17N3O3S. The molecule has 0 aliphatic heterocycles. The van der Waals surface area contributed by atoms with Gasteiger partial charge in [0.25, 0.3) is 5.56 Å². The molecule has 0 atom stereocenters. The molecule has 124 valence electrons. The van der Waals surface area contributed by atoms with E-state index in [-0.39, 0.29) is 18.0 Å². The predicted molar refractivity (Wildman–Crippen MR) is 91.0 cm³/mol. The Labute approximate surface area is 142 Å². The summed E-state index contributed by atoms with van der Waals surface area (Å²) in [5, 5.41) is 4.68. The van der Waals surface area contributed by atoms with Crippen LogP contribution >= 0.6 is 11.5 Å². The molecule has 7 heteroatoms. The molecule has 3 aromatic rings. The number of hydrogen-bond acceptors (Lipinski definition) is 5. The molecule has 0 N–H and O–H groups in total. The van der Waals surface area contributed by atoms with E-state index in [0.29, 0.717) is 17.8 Å². The van der Waals surface area contributed by atoms with E-state index < -0.39 is 0 Å². The SMILES string of the molecule is CN(Cc1cc(C2CC2)on1)C(=O)Cn1sc2ccccc2c1=O. The van der Waals surface area contributed by atoms with Crippen molar-refractivity contribution in [2.24, 2.45) is 0 Å². The third kappa shape index (κ3) is 2.87. The van der Waals surface area contributed by atoms with Crippen molar-refractivity contribution in [3.05, 3.63) is 52.1 Å². The molecule has 1 aliphatic rings. The number of hydrogen-bond donors (Lipinski definition) is 0. The highest BCUT2D eigenvalue weighted by Crippen LogP contribution is 2.40. The molecule has 1 saturated carbocycles. The molecule has 0 saturated heterocycles. The second-order valence-corrected chi connectivity index (χ2v) is 7.24. The highest BCUT2D eigenvalue weighted by atomic mass is 32.1. The Hall–Kier alpha value is -2.41. The number of rotatable bonds is 5. The number of benzene rings is 1. The average molecular weight is 343 g/mol. The zero-order chi connectivity index (χ0) is 16.7. The summed E-state index contributed by atoms with van der Waals surface area (Å²) in [7, 11) is 1.71. The van der Waals surface area contributed by atoms with Gasteiger partial charge >= 0.3 is 0 Å². The van der Waals surface area contributed by atoms with Crippen LogP contribution in [0.1, 0.15) is 30.2 Å². The van der Waals surface area contributed by atoms with Crippen LogP contribution in [0.2, 0.25) is 0 Å². The maximum Gasteiger partial charge on any atom is 0.268 e. The van der Waals surface area contributed by atoms with Crippen molar-refractivity contribution < 1.29 is 9.32 Å². The summed E-state index contributed by atoms with van der Waals surface area (Å²) < 4.78 is 7.70. The van der Waals surface area contributed by atoms with E-state index in [9.17, 15) is 9.59 Å². The van der Waals surface area contributed by atoms with E-state index >= 15 is 0 Å². The summed E-state index contributed by atoms with van der Waals surface area (Å²) in [5.74, 6) is 1.29. The number of nitrogens with zero attached hydrogens (tertiary/aromatic N) is 3. The third-order valence-electron chi connectivity index (χ3n) is 4.21. The van der Waals surface area contributed by atoms with Crippen LogP contribution < -0.4 is 5.56 Å². The number of fused-ring (bicyclic) bond motifs is 1. The van der Waals surface area contributed by atoms with Gasteiger partial charge in [0.2, 0.25) is 5.91 Å². The van der Waals surface area contributed by atoms with Gasteiger partial charge in [0.15, 0.2) is 0 Å². The molecule has 0 unspecified atom stereocenters. The lowest BCUT2D eigenvalue weighted by Gasteiger charge is -2.15. The maximum atomic E-state index is 12.4. The predicted octanol–water partition coefficient (Wildman–Crippen LogP) is 2.59. The highest BCUT2D eigenvalue weighted by molar-refractivity contribution is 7.13. The van der Waals surface area contributed by atoms with E-state index in [1.165, 1.54) is 15.5 Å². The van der Waals surface area contributed by atoms with Crippen molar-refractivity contribution in [3.8, 4) is 0 Å². The van der Waals surface area contributed by atoms with Crippen LogP contribution in [0.15, 0.2) is 39.6 Å². The highest BCUT2D eigenvalue weighted by Gasteiger charge is 2.28. The van der Waals surface area contributed by atoms with Gasteiger partial charge in [0.05, 0.1) is 16.6 Å². The van der Waals surface area contributed by atoms with Crippen LogP contribution in [-0.2, 0) is 17.9 Å². The van der Waals surface area contributed by atoms with E-state index in [4.69, 9.17) is 4.52 Å². The minimum Gasteiger partial charge on any atom is -0.361 e. The average Bonchev–Trinajstić information content (AvgIpc) is 3.25. The molecule has 0 radical (unpaired) electrons. The standard InChI is InChI=1S/C17H17N3O3S/c1-19(9-12-8-14(23-18-12)11-6-7-11)16(21)10-20-17(22)13-4-2-3-5-15(13)24-20/h2-5,8,11H,6-7,9-10H2,1H3. The van der Waals surface area contributed by atoms with Gasteiger partial charge in [0, 0.05) is 19.0 Å². The second kappa shape index (κ2) is 5.90. The zero-order valence-corrected chi connectivity index (χ0v) is 14.1. The van der Waals surface area contributed by atoms with Gasteiger partial charge in [-0.25, -0.2) is 0 Å². The molecule has 4 rings (SSSR count). The zero-order valence-electron chi connectivity index (χ0n) is 13.3. The number of amides is 1. The largest absolute Gasteiger partial charge is 0.361 e. The molecule has 1 aromatic carbocycles. The summed E-state index contributed by atoms with van der Waals surface area (Å²) in [6.07, 6.45) is 2.30. The van der Waals surface area contributed by atoms with E-state index in [0.717, 1.165) is 29.0 Å². The van der Waals surface area contributed by atoms with Crippen LogP contribution in [0, 0.1) is 0 Å². The monoisotopic (exact) mass is 343 g/mol. The minimum atomic E-state index is -0.125. The van der Waals surface area contributed by atoms with Crippen molar-refractivity contribution in [1.82, 2.24) is 14.0 Å². The Morgan fingerprint density at radius 2 is 2.21 bits per heavy atom. The first kappa shape index (κ1) is 15.1. The van der Waals surface area contributed by atoms with E-state index in [1.807, 2.05) is 24.3 Å². The van der Waals surface area contributed by atoms with Gasteiger partial charge in [-0.2, -0.15) is 0 Å². The van der Waals surface area contributed by atoms with E-state index in [1.54, 1.807) is 18.0 Å². The van der Waals surface area contributed by atoms with Crippen molar-refractivity contribution in [3.63, 3.8) is 0 Å². The Morgan fingerprint density at radius 1 is 1.42 bits per heavy atom. The molecule has 0 bridgehead atoms. The van der Waals surface area contributed by atoms with Gasteiger partial charge in [0.1, 0.15) is 18.0 Å². The Kier molecular flexibility index (Phi) is 3.72. The third-order valence-corrected chi connectivity index (χ3v) is 5.28. The van der Waals surface area contributed by atoms with E-state index in [2.05, 4.69) is 5.16 Å². The topological polar surface area (TPSA) is 68.3 Å².